The average Bonchev–Trinajstić information content (AvgIpc) is 3.59. The molecule has 0 saturated heterocycles. The third-order valence-corrected chi connectivity index (χ3v) is 18.2. The first-order chi connectivity index (χ1) is 39.2. The molecule has 10 atom stereocenters. The third-order valence-electron chi connectivity index (χ3n) is 9.93. The topological polar surface area (TPSA) is 339 Å². The second-order valence-corrected chi connectivity index (χ2v) is 26.7. The van der Waals surface area contributed by atoms with Crippen molar-refractivity contribution in [2.24, 2.45) is 41.1 Å². The van der Waals surface area contributed by atoms with E-state index in [2.05, 4.69) is 75.4 Å². The number of rotatable bonds is 21. The quantitative estimate of drug-likeness (QED) is 0.0670. The second-order valence-electron chi connectivity index (χ2n) is 18.7. The maximum Gasteiger partial charge on any atom is 0.443 e. The number of benzene rings is 2. The molecule has 0 heterocycles. The summed E-state index contributed by atoms with van der Waals surface area (Å²) in [5.41, 5.74) is 1.58. The fraction of sp³-hybridized carbons (Fsp3) is 0.500. The largest absolute Gasteiger partial charge is 0.451 e. The highest BCUT2D eigenvalue weighted by atomic mass is 32.2. The van der Waals surface area contributed by atoms with Crippen molar-refractivity contribution in [3.8, 4) is 48.9 Å². The molecule has 0 fully saturated rings. The van der Waals surface area contributed by atoms with Crippen LogP contribution in [0.2, 0.25) is 0 Å². The van der Waals surface area contributed by atoms with Crippen LogP contribution in [0.4, 0.5) is 19.2 Å². The maximum absolute atomic E-state index is 12.8. The molecule has 2 rings (SSSR count). The molecule has 0 radical (unpaired) electrons. The van der Waals surface area contributed by atoms with Crippen LogP contribution in [0.3, 0.4) is 0 Å². The summed E-state index contributed by atoms with van der Waals surface area (Å²) in [6.45, 7) is 17.1. The van der Waals surface area contributed by atoms with Crippen LogP contribution in [0.25, 0.3) is 0 Å². The molecule has 84 heavy (non-hydrogen) atoms. The Balaban J connectivity index is 0. The van der Waals surface area contributed by atoms with Gasteiger partial charge in [-0.05, 0) is 62.0 Å². The van der Waals surface area contributed by atoms with Gasteiger partial charge in [0.1, 0.15) is 51.9 Å². The SMILES string of the molecule is C#CCC[C@H](C)CS(=O)(=NC(=O)O[C@@H](C)c1ccccc1)NC(C)=O.C#CC[C@H](C)CS(=O)(=NC(=O)OC)NC(C)=O.C#CC[C@H](C)CS(=O)(=NC(=O)O[C@@H](C)c1ccccc1)NC(C)=O.CC#CC[C@H](C)CS(=O)(=NC(=O)OC)NC(C)=O. The van der Waals surface area contributed by atoms with Gasteiger partial charge in [0.2, 0.25) is 23.6 Å². The van der Waals surface area contributed by atoms with Gasteiger partial charge in [0.05, 0.1) is 37.2 Å². The molecule has 0 aromatic heterocycles. The highest BCUT2D eigenvalue weighted by molar-refractivity contribution is 7.93. The highest BCUT2D eigenvalue weighted by Gasteiger charge is 2.23. The van der Waals surface area contributed by atoms with E-state index in [1.807, 2.05) is 62.4 Å². The van der Waals surface area contributed by atoms with Crippen molar-refractivity contribution in [2.75, 3.05) is 37.2 Å². The number of methoxy groups -OCH3 is 2. The number of nitrogens with one attached hydrogen (secondary N) is 4. The summed E-state index contributed by atoms with van der Waals surface area (Å²) < 4.78 is 92.0. The molecule has 0 aliphatic rings. The molecule has 0 spiro atoms. The summed E-state index contributed by atoms with van der Waals surface area (Å²) in [5.74, 6) is 10.5. The zero-order valence-electron chi connectivity index (χ0n) is 49.8. The molecule has 0 saturated carbocycles. The van der Waals surface area contributed by atoms with Crippen molar-refractivity contribution in [1.82, 2.24) is 18.9 Å². The molecule has 28 heteroatoms. The zero-order chi connectivity index (χ0) is 64.7. The predicted octanol–water partition coefficient (Wildman–Crippen LogP) is 8.77. The summed E-state index contributed by atoms with van der Waals surface area (Å²) >= 11 is 0. The number of hydrogen-bond acceptors (Lipinski definition) is 16. The lowest BCUT2D eigenvalue weighted by Gasteiger charge is -2.16. The Morgan fingerprint density at radius 2 is 0.750 bits per heavy atom. The minimum atomic E-state index is -3.28. The molecule has 4 N–H and O–H groups in total. The summed E-state index contributed by atoms with van der Waals surface area (Å²) in [4.78, 5) is 90.7. The van der Waals surface area contributed by atoms with Gasteiger partial charge in [0.15, 0.2) is 0 Å². The fourth-order valence-corrected chi connectivity index (χ4v) is 14.0. The first kappa shape index (κ1) is 78.3. The van der Waals surface area contributed by atoms with E-state index in [-0.39, 0.29) is 46.7 Å². The second kappa shape index (κ2) is 41.3. The maximum atomic E-state index is 12.8. The fourth-order valence-electron chi connectivity index (χ4n) is 6.60. The van der Waals surface area contributed by atoms with Crippen molar-refractivity contribution in [1.29, 1.82) is 0 Å². The molecular weight excluding hydrogens is 1170 g/mol. The van der Waals surface area contributed by atoms with Crippen LogP contribution in [0, 0.1) is 72.5 Å². The van der Waals surface area contributed by atoms with Gasteiger partial charge >= 0.3 is 24.4 Å². The summed E-state index contributed by atoms with van der Waals surface area (Å²) in [7, 11) is -10.6. The molecular formula is C56H80N8O16S4. The van der Waals surface area contributed by atoms with E-state index in [9.17, 15) is 55.2 Å². The van der Waals surface area contributed by atoms with Crippen LogP contribution in [0.1, 0.15) is 132 Å². The van der Waals surface area contributed by atoms with Crippen LogP contribution in [0.15, 0.2) is 78.1 Å². The smallest absolute Gasteiger partial charge is 0.443 e. The summed E-state index contributed by atoms with van der Waals surface area (Å²) in [6.07, 6.45) is 13.0. The zero-order valence-corrected chi connectivity index (χ0v) is 53.1. The van der Waals surface area contributed by atoms with Crippen molar-refractivity contribution in [3.05, 3.63) is 71.8 Å². The normalized spacial score (nSPS) is 15.0. The molecule has 24 nitrogen and oxygen atoms in total. The lowest BCUT2D eigenvalue weighted by molar-refractivity contribution is -0.118. The van der Waals surface area contributed by atoms with Gasteiger partial charge in [0, 0.05) is 53.4 Å². The first-order valence-corrected chi connectivity index (χ1v) is 32.4. The summed E-state index contributed by atoms with van der Waals surface area (Å²) in [6, 6.07) is 18.2. The van der Waals surface area contributed by atoms with Crippen LogP contribution in [0.5, 0.6) is 0 Å². The summed E-state index contributed by atoms with van der Waals surface area (Å²) in [5, 5.41) is 0. The number of carbonyl (C=O) groups is 8. The van der Waals surface area contributed by atoms with E-state index < -0.39 is 99.9 Å². The highest BCUT2D eigenvalue weighted by Crippen LogP contribution is 2.20. The van der Waals surface area contributed by atoms with Crippen molar-refractivity contribution < 1.29 is 74.1 Å². The van der Waals surface area contributed by atoms with Gasteiger partial charge in [-0.2, -0.15) is 0 Å². The van der Waals surface area contributed by atoms with Crippen molar-refractivity contribution in [3.63, 3.8) is 0 Å². The molecule has 0 aliphatic heterocycles. The molecule has 2 aromatic carbocycles. The van der Waals surface area contributed by atoms with E-state index >= 15 is 0 Å². The number of carbonyl (C=O) groups excluding carboxylic acids is 8. The lowest BCUT2D eigenvalue weighted by atomic mass is 10.1. The molecule has 4 unspecified atom stereocenters. The van der Waals surface area contributed by atoms with Crippen LogP contribution in [-0.4, -0.2) is 102 Å². The van der Waals surface area contributed by atoms with Crippen LogP contribution < -0.4 is 18.9 Å². The predicted molar refractivity (Wildman–Crippen MR) is 324 cm³/mol. The molecule has 8 amide bonds. The Kier molecular flexibility index (Phi) is 38.5. The number of nitrogens with zero attached hydrogens (tertiary/aromatic N) is 4. The van der Waals surface area contributed by atoms with Gasteiger partial charge in [-0.1, -0.05) is 88.4 Å². The average molecular weight is 1250 g/mol. The standard InChI is InChI=1S/C18H24N2O4S.C17H22N2O4S.C11H18N2O4S.C10H16N2O4S/c1-5-6-10-14(2)13-25(23,19-16(4)21)20-18(22)24-15(3)17-11-8-7-9-12-17;1-5-9-13(2)12-24(22,18-15(4)20)19-17(21)23-14(3)16-10-7-6-8-11-16;1-5-6-7-9(2)8-18(16,12-10(3)14)13-11(15)17-4;1-5-6-8(2)7-17(15,11-9(3)13)12-10(14)16-4/h1,7-9,11-12,14-15H,6,10,13H2,2-4H3,(H,19,20,21,22,23);1,6-8,10-11,13-14H,9,12H2,2-4H3,(H,18,19,20,21,22);9H,7-8H2,1-4H3,(H,12,13,14,15,16);1,8H,6-7H2,2-4H3,(H,11,12,13,14,15)/t14-,15-,25?;13-,14-,24?;9-,18?;8-,17?/m0000/s1. The van der Waals surface area contributed by atoms with E-state index in [1.54, 1.807) is 46.8 Å². The van der Waals surface area contributed by atoms with Gasteiger partial charge in [-0.15, -0.1) is 66.3 Å². The van der Waals surface area contributed by atoms with Crippen LogP contribution in [-0.2, 0) is 77.8 Å². The minimum absolute atomic E-state index is 0.00583. The number of terminal acetylenes is 3. The molecule has 464 valence electrons. The number of amides is 8. The Hall–Kier alpha value is -7.76. The Morgan fingerprint density at radius 1 is 0.464 bits per heavy atom. The first-order valence-electron chi connectivity index (χ1n) is 25.7. The molecule has 0 aliphatic carbocycles. The Morgan fingerprint density at radius 3 is 1.01 bits per heavy atom. The minimum Gasteiger partial charge on any atom is -0.451 e. The van der Waals surface area contributed by atoms with Crippen molar-refractivity contribution in [2.45, 2.75) is 120 Å². The van der Waals surface area contributed by atoms with E-state index in [1.165, 1.54) is 27.7 Å². The Bertz CT molecular complexity index is 3250. The van der Waals surface area contributed by atoms with E-state index in [0.29, 0.717) is 32.1 Å². The third kappa shape index (κ3) is 38.1. The van der Waals surface area contributed by atoms with Crippen molar-refractivity contribution >= 4 is 87.7 Å². The van der Waals surface area contributed by atoms with E-state index in [0.717, 1.165) is 25.3 Å². The van der Waals surface area contributed by atoms with Gasteiger partial charge < -0.3 is 18.9 Å². The van der Waals surface area contributed by atoms with E-state index in [4.69, 9.17) is 28.7 Å². The lowest BCUT2D eigenvalue weighted by Crippen LogP contribution is -2.33. The van der Waals surface area contributed by atoms with Gasteiger partial charge in [0.25, 0.3) is 0 Å². The number of hydrogen-bond donors (Lipinski definition) is 4. The van der Waals surface area contributed by atoms with Crippen LogP contribution >= 0.6 is 0 Å². The molecule has 0 bridgehead atoms. The Labute approximate surface area is 497 Å². The monoisotopic (exact) mass is 1250 g/mol. The van der Waals surface area contributed by atoms with Gasteiger partial charge in [-0.3, -0.25) is 38.1 Å². The number of ether oxygens (including phenoxy) is 4. The van der Waals surface area contributed by atoms with Gasteiger partial charge in [-0.25, -0.2) is 36.0 Å². The molecule has 2 aromatic rings.